The minimum atomic E-state index is -1.96. The third-order valence-electron chi connectivity index (χ3n) is 5.34. The Labute approximate surface area is 188 Å². The molecular weight excluding hydrogens is 466 g/mol. The van der Waals surface area contributed by atoms with Gasteiger partial charge in [0.25, 0.3) is 5.91 Å². The van der Waals surface area contributed by atoms with Gasteiger partial charge in [-0.2, -0.15) is 0 Å². The van der Waals surface area contributed by atoms with Crippen molar-refractivity contribution in [2.24, 2.45) is 0 Å². The fraction of sp³-hybridized carbons (Fsp3) is 0.167. The minimum absolute atomic E-state index is 0.294. The lowest BCUT2D eigenvalue weighted by Crippen LogP contribution is -2.41. The number of rotatable bonds is 5. The van der Waals surface area contributed by atoms with Gasteiger partial charge in [0, 0.05) is 20.6 Å². The lowest BCUT2D eigenvalue weighted by atomic mass is 9.88. The maximum atomic E-state index is 13.4. The van der Waals surface area contributed by atoms with Crippen molar-refractivity contribution in [1.82, 2.24) is 0 Å². The lowest BCUT2D eigenvalue weighted by molar-refractivity contribution is -0.136. The van der Waals surface area contributed by atoms with Gasteiger partial charge in [0.05, 0.1) is 18.7 Å². The summed E-state index contributed by atoms with van der Waals surface area (Å²) in [4.78, 5) is 27.8. The zero-order valence-electron chi connectivity index (χ0n) is 16.2. The second-order valence-corrected chi connectivity index (χ2v) is 8.86. The van der Waals surface area contributed by atoms with Crippen LogP contribution in [0.4, 0.5) is 5.69 Å². The van der Waals surface area contributed by atoms with Crippen LogP contribution in [0, 0.1) is 6.92 Å². The first-order valence-corrected chi connectivity index (χ1v) is 10.6. The summed E-state index contributed by atoms with van der Waals surface area (Å²) in [6, 6.07) is 19.6. The monoisotopic (exact) mass is 483 g/mol. The number of hydrogen-bond acceptors (Lipinski definition) is 3. The first-order chi connectivity index (χ1) is 14.3. The van der Waals surface area contributed by atoms with Crippen molar-refractivity contribution in [1.29, 1.82) is 0 Å². The van der Waals surface area contributed by atoms with E-state index in [-0.39, 0.29) is 12.2 Å². The molecule has 1 unspecified atom stereocenters. The Morgan fingerprint density at radius 3 is 2.40 bits per heavy atom. The predicted molar refractivity (Wildman–Crippen MR) is 121 cm³/mol. The molecule has 0 fully saturated rings. The van der Waals surface area contributed by atoms with E-state index in [2.05, 4.69) is 15.9 Å². The van der Waals surface area contributed by atoms with E-state index in [4.69, 9.17) is 11.6 Å². The van der Waals surface area contributed by atoms with Crippen LogP contribution in [0.5, 0.6) is 0 Å². The largest absolute Gasteiger partial charge is 0.375 e. The molecular formula is C24H19BrClNO3. The number of Topliss-reactive ketones (excluding diaryl/α,β-unsaturated/α-hetero) is 1. The van der Waals surface area contributed by atoms with E-state index in [1.54, 1.807) is 42.5 Å². The number of anilines is 1. The quantitative estimate of drug-likeness (QED) is 0.492. The molecule has 6 heteroatoms. The normalized spacial score (nSPS) is 17.9. The van der Waals surface area contributed by atoms with E-state index in [0.29, 0.717) is 28.4 Å². The number of fused-ring (bicyclic) bond motifs is 1. The third-order valence-corrected chi connectivity index (χ3v) is 6.10. The van der Waals surface area contributed by atoms with Crippen LogP contribution in [-0.4, -0.2) is 16.8 Å². The standard InChI is InChI=1S/C24H19BrClNO3/c1-15-2-4-16(5-3-15)14-27-21-11-10-19(26)12-20(21)24(30,23(27)29)13-22(28)17-6-8-18(25)9-7-17/h2-12,30H,13-14H2,1H3. The minimum Gasteiger partial charge on any atom is -0.375 e. The molecule has 3 aromatic rings. The molecule has 4 nitrogen and oxygen atoms in total. The van der Waals surface area contributed by atoms with E-state index in [1.165, 1.54) is 4.90 Å². The van der Waals surface area contributed by atoms with Crippen LogP contribution in [0.15, 0.2) is 71.2 Å². The Bertz CT molecular complexity index is 1130. The van der Waals surface area contributed by atoms with Crippen molar-refractivity contribution in [3.05, 3.63) is 98.5 Å². The summed E-state index contributed by atoms with van der Waals surface area (Å²) < 4.78 is 0.844. The third kappa shape index (κ3) is 3.81. The van der Waals surface area contributed by atoms with Gasteiger partial charge in [0.2, 0.25) is 0 Å². The fourth-order valence-electron chi connectivity index (χ4n) is 3.70. The summed E-state index contributed by atoms with van der Waals surface area (Å²) in [6.45, 7) is 2.29. The maximum absolute atomic E-state index is 13.4. The van der Waals surface area contributed by atoms with Crippen molar-refractivity contribution in [3.63, 3.8) is 0 Å². The number of amides is 1. The van der Waals surface area contributed by atoms with Gasteiger partial charge in [-0.1, -0.05) is 69.5 Å². The average Bonchev–Trinajstić information content (AvgIpc) is 2.91. The topological polar surface area (TPSA) is 57.6 Å². The molecule has 1 N–H and O–H groups in total. The highest BCUT2D eigenvalue weighted by Gasteiger charge is 2.51. The zero-order valence-corrected chi connectivity index (χ0v) is 18.6. The summed E-state index contributed by atoms with van der Waals surface area (Å²) in [5, 5.41) is 11.8. The Morgan fingerprint density at radius 1 is 1.07 bits per heavy atom. The lowest BCUT2D eigenvalue weighted by Gasteiger charge is -2.23. The molecule has 152 valence electrons. The van der Waals surface area contributed by atoms with Crippen molar-refractivity contribution in [2.45, 2.75) is 25.5 Å². The highest BCUT2D eigenvalue weighted by Crippen LogP contribution is 2.44. The molecule has 0 bridgehead atoms. The molecule has 4 rings (SSSR count). The molecule has 30 heavy (non-hydrogen) atoms. The highest BCUT2D eigenvalue weighted by atomic mass is 79.9. The second-order valence-electron chi connectivity index (χ2n) is 7.51. The van der Waals surface area contributed by atoms with Crippen molar-refractivity contribution in [2.75, 3.05) is 4.90 Å². The van der Waals surface area contributed by atoms with E-state index in [9.17, 15) is 14.7 Å². The Balaban J connectivity index is 1.70. The van der Waals surface area contributed by atoms with Crippen LogP contribution in [-0.2, 0) is 16.9 Å². The van der Waals surface area contributed by atoms with Gasteiger partial charge in [-0.25, -0.2) is 0 Å². The molecule has 1 atom stereocenters. The number of hydrogen-bond donors (Lipinski definition) is 1. The molecule has 3 aromatic carbocycles. The van der Waals surface area contributed by atoms with Gasteiger partial charge in [-0.15, -0.1) is 0 Å². The van der Waals surface area contributed by atoms with Crippen LogP contribution < -0.4 is 4.90 Å². The molecule has 1 heterocycles. The van der Waals surface area contributed by atoms with Crippen molar-refractivity contribution < 1.29 is 14.7 Å². The summed E-state index contributed by atoms with van der Waals surface area (Å²) in [5.74, 6) is -0.840. The Hall–Kier alpha value is -2.47. The molecule has 1 aliphatic rings. The average molecular weight is 485 g/mol. The second kappa shape index (κ2) is 7.99. The number of aliphatic hydroxyl groups is 1. The zero-order chi connectivity index (χ0) is 21.5. The van der Waals surface area contributed by atoms with Crippen LogP contribution >= 0.6 is 27.5 Å². The highest BCUT2D eigenvalue weighted by molar-refractivity contribution is 9.10. The Kier molecular flexibility index (Phi) is 5.53. The van der Waals surface area contributed by atoms with Gasteiger partial charge < -0.3 is 10.0 Å². The molecule has 1 aliphatic heterocycles. The maximum Gasteiger partial charge on any atom is 0.264 e. The predicted octanol–water partition coefficient (Wildman–Crippen LogP) is 5.42. The van der Waals surface area contributed by atoms with E-state index in [1.807, 2.05) is 31.2 Å². The van der Waals surface area contributed by atoms with Gasteiger partial charge in [-0.3, -0.25) is 9.59 Å². The molecule has 0 saturated heterocycles. The van der Waals surface area contributed by atoms with Gasteiger partial charge in [-0.05, 0) is 42.8 Å². The van der Waals surface area contributed by atoms with Crippen LogP contribution in [0.2, 0.25) is 5.02 Å². The summed E-state index contributed by atoms with van der Waals surface area (Å²) >= 11 is 9.50. The number of aryl methyl sites for hydroxylation is 1. The number of carbonyl (C=O) groups excluding carboxylic acids is 2. The summed E-state index contributed by atoms with van der Waals surface area (Å²) in [7, 11) is 0. The fourth-order valence-corrected chi connectivity index (χ4v) is 4.13. The van der Waals surface area contributed by atoms with Crippen LogP contribution in [0.25, 0.3) is 0 Å². The SMILES string of the molecule is Cc1ccc(CN2C(=O)C(O)(CC(=O)c3ccc(Br)cc3)c3cc(Cl)ccc32)cc1. The van der Waals surface area contributed by atoms with Crippen LogP contribution in [0.3, 0.4) is 0 Å². The van der Waals surface area contributed by atoms with Crippen LogP contribution in [0.1, 0.15) is 33.5 Å². The molecule has 0 radical (unpaired) electrons. The van der Waals surface area contributed by atoms with E-state index < -0.39 is 11.5 Å². The molecule has 0 aromatic heterocycles. The summed E-state index contributed by atoms with van der Waals surface area (Å²) in [6.07, 6.45) is -0.356. The number of ketones is 1. The van der Waals surface area contributed by atoms with Crippen molar-refractivity contribution in [3.8, 4) is 0 Å². The summed E-state index contributed by atoms with van der Waals surface area (Å²) in [5.41, 5.74) is 1.44. The number of carbonyl (C=O) groups is 2. The van der Waals surface area contributed by atoms with Crippen molar-refractivity contribution >= 4 is 44.9 Å². The smallest absolute Gasteiger partial charge is 0.264 e. The molecule has 0 saturated carbocycles. The van der Waals surface area contributed by atoms with E-state index in [0.717, 1.165) is 15.6 Å². The molecule has 1 amide bonds. The number of halogens is 2. The molecule has 0 spiro atoms. The number of nitrogens with zero attached hydrogens (tertiary/aromatic N) is 1. The van der Waals surface area contributed by atoms with E-state index >= 15 is 0 Å². The van der Waals surface area contributed by atoms with Gasteiger partial charge in [0.15, 0.2) is 11.4 Å². The number of benzene rings is 3. The first kappa shape index (κ1) is 20.8. The molecule has 0 aliphatic carbocycles. The van der Waals surface area contributed by atoms with Gasteiger partial charge in [0.1, 0.15) is 0 Å². The van der Waals surface area contributed by atoms with Gasteiger partial charge >= 0.3 is 0 Å². The Morgan fingerprint density at radius 2 is 1.73 bits per heavy atom. The first-order valence-electron chi connectivity index (χ1n) is 9.46.